The molecule has 0 bridgehead atoms. The zero-order chi connectivity index (χ0) is 14.5. The lowest BCUT2D eigenvalue weighted by molar-refractivity contribution is -0.130. The Balaban J connectivity index is 1.96. The van der Waals surface area contributed by atoms with E-state index >= 15 is 0 Å². The van der Waals surface area contributed by atoms with Crippen LogP contribution < -0.4 is 0 Å². The molecule has 1 aromatic rings. The second-order valence-corrected chi connectivity index (χ2v) is 4.45. The molecule has 2 amide bonds. The molecule has 2 heterocycles. The molecule has 0 saturated carbocycles. The molecule has 0 unspecified atom stereocenters. The summed E-state index contributed by atoms with van der Waals surface area (Å²) in [6, 6.07) is 3.19. The average molecular weight is 277 g/mol. The summed E-state index contributed by atoms with van der Waals surface area (Å²) in [6.07, 6.45) is 0. The number of amides is 2. The van der Waals surface area contributed by atoms with Gasteiger partial charge in [0.2, 0.25) is 5.91 Å². The van der Waals surface area contributed by atoms with Gasteiger partial charge in [-0.3, -0.25) is 9.59 Å². The fourth-order valence-corrected chi connectivity index (χ4v) is 2.06. The summed E-state index contributed by atoms with van der Waals surface area (Å²) >= 11 is 0. The van der Waals surface area contributed by atoms with Crippen molar-refractivity contribution in [2.45, 2.75) is 13.5 Å². The Kier molecular flexibility index (Phi) is 4.27. The van der Waals surface area contributed by atoms with Crippen molar-refractivity contribution < 1.29 is 14.0 Å². The van der Waals surface area contributed by atoms with Crippen molar-refractivity contribution in [3.8, 4) is 0 Å². The molecule has 0 aliphatic carbocycles. The summed E-state index contributed by atoms with van der Waals surface area (Å²) in [5.41, 5.74) is 8.23. The Morgan fingerprint density at radius 2 is 1.95 bits per heavy atom. The van der Waals surface area contributed by atoms with Crippen molar-refractivity contribution in [3.63, 3.8) is 0 Å². The van der Waals surface area contributed by atoms with Gasteiger partial charge in [-0.2, -0.15) is 0 Å². The second-order valence-electron chi connectivity index (χ2n) is 4.45. The van der Waals surface area contributed by atoms with Crippen LogP contribution in [0.15, 0.2) is 21.7 Å². The standard InChI is InChI=1S/C12H15N5O3/c1-9(18)16-4-6-17(7-5-16)12(19)11-3-2-10(20-11)8-14-15-13/h2-3H,4-8H2,1H3. The third-order valence-electron chi connectivity index (χ3n) is 3.17. The summed E-state index contributed by atoms with van der Waals surface area (Å²) < 4.78 is 5.34. The van der Waals surface area contributed by atoms with Crippen LogP contribution in [0.5, 0.6) is 0 Å². The maximum atomic E-state index is 12.2. The van der Waals surface area contributed by atoms with Gasteiger partial charge in [-0.15, -0.1) is 0 Å². The Bertz CT molecular complexity index is 553. The van der Waals surface area contributed by atoms with Gasteiger partial charge in [0.15, 0.2) is 5.76 Å². The molecule has 8 heteroatoms. The molecule has 0 atom stereocenters. The molecular weight excluding hydrogens is 262 g/mol. The Morgan fingerprint density at radius 1 is 1.30 bits per heavy atom. The number of nitrogens with zero attached hydrogens (tertiary/aromatic N) is 5. The van der Waals surface area contributed by atoms with Crippen molar-refractivity contribution in [3.05, 3.63) is 34.1 Å². The normalized spacial score (nSPS) is 14.8. The van der Waals surface area contributed by atoms with E-state index in [0.717, 1.165) is 0 Å². The predicted octanol–water partition coefficient (Wildman–Crippen LogP) is 1.39. The Hall–Kier alpha value is -2.47. The summed E-state index contributed by atoms with van der Waals surface area (Å²) in [7, 11) is 0. The Labute approximate surface area is 115 Å². The number of piperazine rings is 1. The molecule has 0 aromatic carbocycles. The SMILES string of the molecule is CC(=O)N1CCN(C(=O)c2ccc(CN=[N+]=[N-])o2)CC1. The fraction of sp³-hybridized carbons (Fsp3) is 0.500. The lowest BCUT2D eigenvalue weighted by atomic mass is 10.3. The van der Waals surface area contributed by atoms with E-state index in [1.807, 2.05) is 0 Å². The minimum atomic E-state index is -0.208. The van der Waals surface area contributed by atoms with Crippen LogP contribution in [0.1, 0.15) is 23.2 Å². The average Bonchev–Trinajstić information content (AvgIpc) is 2.93. The molecule has 106 valence electrons. The van der Waals surface area contributed by atoms with Crippen LogP contribution in [0.25, 0.3) is 10.4 Å². The van der Waals surface area contributed by atoms with Crippen LogP contribution in [0.3, 0.4) is 0 Å². The summed E-state index contributed by atoms with van der Waals surface area (Å²) in [4.78, 5) is 29.4. The third-order valence-corrected chi connectivity index (χ3v) is 3.17. The largest absolute Gasteiger partial charge is 0.456 e. The van der Waals surface area contributed by atoms with Gasteiger partial charge in [0.1, 0.15) is 5.76 Å². The molecule has 0 spiro atoms. The van der Waals surface area contributed by atoms with Crippen molar-refractivity contribution in [1.82, 2.24) is 9.80 Å². The Morgan fingerprint density at radius 3 is 2.55 bits per heavy atom. The maximum absolute atomic E-state index is 12.2. The molecule has 8 nitrogen and oxygen atoms in total. The minimum Gasteiger partial charge on any atom is -0.456 e. The summed E-state index contributed by atoms with van der Waals surface area (Å²) in [6.45, 7) is 3.66. The summed E-state index contributed by atoms with van der Waals surface area (Å²) in [5.74, 6) is 0.491. The van der Waals surface area contributed by atoms with Crippen LogP contribution in [0.2, 0.25) is 0 Å². The van der Waals surface area contributed by atoms with Gasteiger partial charge in [-0.1, -0.05) is 5.11 Å². The highest BCUT2D eigenvalue weighted by atomic mass is 16.4. The zero-order valence-electron chi connectivity index (χ0n) is 11.2. The summed E-state index contributed by atoms with van der Waals surface area (Å²) in [5, 5.41) is 3.37. The van der Waals surface area contributed by atoms with E-state index in [-0.39, 0.29) is 24.1 Å². The van der Waals surface area contributed by atoms with E-state index in [2.05, 4.69) is 10.0 Å². The van der Waals surface area contributed by atoms with Crippen molar-refractivity contribution >= 4 is 11.8 Å². The minimum absolute atomic E-state index is 0.0201. The first-order valence-corrected chi connectivity index (χ1v) is 6.26. The van der Waals surface area contributed by atoms with Crippen LogP contribution >= 0.6 is 0 Å². The fourth-order valence-electron chi connectivity index (χ4n) is 2.06. The van der Waals surface area contributed by atoms with E-state index in [1.54, 1.807) is 21.9 Å². The topological polar surface area (TPSA) is 103 Å². The zero-order valence-corrected chi connectivity index (χ0v) is 11.2. The van der Waals surface area contributed by atoms with Crippen LogP contribution in [0.4, 0.5) is 0 Å². The van der Waals surface area contributed by atoms with Gasteiger partial charge in [-0.05, 0) is 17.7 Å². The van der Waals surface area contributed by atoms with Gasteiger partial charge in [0, 0.05) is 38.0 Å². The van der Waals surface area contributed by atoms with E-state index in [1.165, 1.54) is 6.92 Å². The van der Waals surface area contributed by atoms with Crippen molar-refractivity contribution in [1.29, 1.82) is 0 Å². The van der Waals surface area contributed by atoms with E-state index in [9.17, 15) is 9.59 Å². The van der Waals surface area contributed by atoms with Gasteiger partial charge >= 0.3 is 0 Å². The van der Waals surface area contributed by atoms with Crippen molar-refractivity contribution in [2.75, 3.05) is 26.2 Å². The van der Waals surface area contributed by atoms with E-state index < -0.39 is 0 Å². The highest BCUT2D eigenvalue weighted by molar-refractivity contribution is 5.91. The van der Waals surface area contributed by atoms with Crippen LogP contribution in [-0.2, 0) is 11.3 Å². The molecule has 1 aliphatic rings. The number of carbonyl (C=O) groups is 2. The van der Waals surface area contributed by atoms with Gasteiger partial charge in [-0.25, -0.2) is 0 Å². The lowest BCUT2D eigenvalue weighted by Crippen LogP contribution is -2.50. The molecule has 1 aliphatic heterocycles. The van der Waals surface area contributed by atoms with Gasteiger partial charge < -0.3 is 14.2 Å². The first-order chi connectivity index (χ1) is 9.61. The van der Waals surface area contributed by atoms with Crippen LogP contribution in [0, 0.1) is 0 Å². The smallest absolute Gasteiger partial charge is 0.289 e. The number of azide groups is 1. The first-order valence-electron chi connectivity index (χ1n) is 6.26. The van der Waals surface area contributed by atoms with Gasteiger partial charge in [0.05, 0.1) is 6.54 Å². The highest BCUT2D eigenvalue weighted by Crippen LogP contribution is 2.13. The molecule has 20 heavy (non-hydrogen) atoms. The quantitative estimate of drug-likeness (QED) is 0.473. The maximum Gasteiger partial charge on any atom is 0.289 e. The number of furan rings is 1. The van der Waals surface area contributed by atoms with Crippen LogP contribution in [-0.4, -0.2) is 47.8 Å². The number of rotatable bonds is 3. The van der Waals surface area contributed by atoms with Crippen molar-refractivity contribution in [2.24, 2.45) is 5.11 Å². The van der Waals surface area contributed by atoms with Gasteiger partial charge in [0.25, 0.3) is 5.91 Å². The number of carbonyl (C=O) groups excluding carboxylic acids is 2. The molecule has 2 rings (SSSR count). The lowest BCUT2D eigenvalue weighted by Gasteiger charge is -2.33. The molecule has 1 aromatic heterocycles. The van der Waals surface area contributed by atoms with E-state index in [0.29, 0.717) is 31.9 Å². The van der Waals surface area contributed by atoms with E-state index in [4.69, 9.17) is 9.95 Å². The molecule has 1 saturated heterocycles. The highest BCUT2D eigenvalue weighted by Gasteiger charge is 2.24. The molecular formula is C12H15N5O3. The molecule has 0 N–H and O–H groups in total. The number of hydrogen-bond acceptors (Lipinski definition) is 4. The number of hydrogen-bond donors (Lipinski definition) is 0. The second kappa shape index (κ2) is 6.12. The first kappa shape index (κ1) is 14.0. The third kappa shape index (κ3) is 3.10. The molecule has 0 radical (unpaired) electrons. The monoisotopic (exact) mass is 277 g/mol. The molecule has 1 fully saturated rings. The predicted molar refractivity (Wildman–Crippen MR) is 69.7 cm³/mol.